The molecule has 1 aliphatic rings. The lowest BCUT2D eigenvalue weighted by Gasteiger charge is -2.23. The summed E-state index contributed by atoms with van der Waals surface area (Å²) in [4.78, 5) is 0. The minimum Gasteiger partial charge on any atom is -0.270 e. The predicted molar refractivity (Wildman–Crippen MR) is 72.1 cm³/mol. The first-order valence-corrected chi connectivity index (χ1v) is 7.10. The highest BCUT2D eigenvalue weighted by Gasteiger charge is 2.31. The van der Waals surface area contributed by atoms with Gasteiger partial charge in [-0.1, -0.05) is 25.7 Å². The standard InChI is InChI=1S/C15H23N3/c1-13(2)18-10-7-14(17-18)11-15(12-16)8-5-3-4-6-9-15/h7,10,13H,3-6,8-9,11H2,1-2H3. The Labute approximate surface area is 110 Å². The Hall–Kier alpha value is -1.30. The van der Waals surface area contributed by atoms with E-state index in [9.17, 15) is 5.26 Å². The molecule has 0 aromatic carbocycles. The Balaban J connectivity index is 2.11. The summed E-state index contributed by atoms with van der Waals surface area (Å²) >= 11 is 0. The van der Waals surface area contributed by atoms with Gasteiger partial charge in [0.15, 0.2) is 0 Å². The summed E-state index contributed by atoms with van der Waals surface area (Å²) in [7, 11) is 0. The third kappa shape index (κ3) is 2.93. The van der Waals surface area contributed by atoms with Crippen molar-refractivity contribution in [2.24, 2.45) is 5.41 Å². The molecule has 98 valence electrons. The molecular formula is C15H23N3. The zero-order valence-electron chi connectivity index (χ0n) is 11.5. The van der Waals surface area contributed by atoms with Gasteiger partial charge in [0.25, 0.3) is 0 Å². The van der Waals surface area contributed by atoms with E-state index < -0.39 is 0 Å². The van der Waals surface area contributed by atoms with E-state index in [4.69, 9.17) is 0 Å². The molecule has 0 saturated heterocycles. The fourth-order valence-corrected chi connectivity index (χ4v) is 2.84. The molecule has 1 saturated carbocycles. The molecule has 18 heavy (non-hydrogen) atoms. The molecule has 0 unspecified atom stereocenters. The van der Waals surface area contributed by atoms with Crippen molar-refractivity contribution in [1.82, 2.24) is 9.78 Å². The van der Waals surface area contributed by atoms with Crippen LogP contribution in [0.4, 0.5) is 0 Å². The third-order valence-corrected chi connectivity index (χ3v) is 4.01. The van der Waals surface area contributed by atoms with Crippen molar-refractivity contribution >= 4 is 0 Å². The number of aromatic nitrogens is 2. The molecule has 1 heterocycles. The lowest BCUT2D eigenvalue weighted by molar-refractivity contribution is 0.333. The largest absolute Gasteiger partial charge is 0.270 e. The van der Waals surface area contributed by atoms with Crippen LogP contribution in [-0.2, 0) is 6.42 Å². The normalized spacial score (nSPS) is 19.4. The smallest absolute Gasteiger partial charge is 0.0693 e. The minimum absolute atomic E-state index is 0.160. The van der Waals surface area contributed by atoms with E-state index in [0.717, 1.165) is 25.0 Å². The number of rotatable bonds is 3. The van der Waals surface area contributed by atoms with Gasteiger partial charge in [-0.05, 0) is 32.8 Å². The van der Waals surface area contributed by atoms with Gasteiger partial charge in [-0.2, -0.15) is 10.4 Å². The van der Waals surface area contributed by atoms with E-state index in [0.29, 0.717) is 6.04 Å². The van der Waals surface area contributed by atoms with Crippen molar-refractivity contribution in [3.8, 4) is 6.07 Å². The fourth-order valence-electron chi connectivity index (χ4n) is 2.84. The van der Waals surface area contributed by atoms with E-state index in [2.05, 4.69) is 31.1 Å². The lowest BCUT2D eigenvalue weighted by Crippen LogP contribution is -2.21. The molecular weight excluding hydrogens is 222 g/mol. The SMILES string of the molecule is CC(C)n1ccc(CC2(C#N)CCCCCC2)n1. The molecule has 0 N–H and O–H groups in total. The van der Waals surface area contributed by atoms with Gasteiger partial charge in [0, 0.05) is 18.7 Å². The highest BCUT2D eigenvalue weighted by atomic mass is 15.3. The van der Waals surface area contributed by atoms with Crippen LogP contribution in [0.25, 0.3) is 0 Å². The average Bonchev–Trinajstić information content (AvgIpc) is 2.69. The van der Waals surface area contributed by atoms with E-state index in [-0.39, 0.29) is 5.41 Å². The van der Waals surface area contributed by atoms with Crippen LogP contribution >= 0.6 is 0 Å². The molecule has 2 rings (SSSR count). The van der Waals surface area contributed by atoms with E-state index in [1.807, 2.05) is 10.9 Å². The second-order valence-electron chi connectivity index (χ2n) is 5.86. The summed E-state index contributed by atoms with van der Waals surface area (Å²) in [5.74, 6) is 0. The fraction of sp³-hybridized carbons (Fsp3) is 0.733. The first-order valence-electron chi connectivity index (χ1n) is 7.10. The van der Waals surface area contributed by atoms with Crippen LogP contribution < -0.4 is 0 Å². The summed E-state index contributed by atoms with van der Waals surface area (Å²) in [5, 5.41) is 14.2. The Kier molecular flexibility index (Phi) is 4.06. The predicted octanol–water partition coefficient (Wildman–Crippen LogP) is 3.87. The molecule has 3 nitrogen and oxygen atoms in total. The monoisotopic (exact) mass is 245 g/mol. The third-order valence-electron chi connectivity index (χ3n) is 4.01. The number of nitriles is 1. The number of hydrogen-bond donors (Lipinski definition) is 0. The van der Waals surface area contributed by atoms with Gasteiger partial charge < -0.3 is 0 Å². The quantitative estimate of drug-likeness (QED) is 0.758. The topological polar surface area (TPSA) is 41.6 Å². The molecule has 0 aliphatic heterocycles. The summed E-state index contributed by atoms with van der Waals surface area (Å²) in [6, 6.07) is 5.06. The molecule has 0 spiro atoms. The van der Waals surface area contributed by atoms with Gasteiger partial charge in [-0.25, -0.2) is 0 Å². The highest BCUT2D eigenvalue weighted by molar-refractivity contribution is 5.10. The van der Waals surface area contributed by atoms with Crippen LogP contribution in [0, 0.1) is 16.7 Å². The van der Waals surface area contributed by atoms with Crippen LogP contribution in [0.1, 0.15) is 64.1 Å². The minimum atomic E-state index is -0.160. The van der Waals surface area contributed by atoms with E-state index in [1.165, 1.54) is 25.7 Å². The maximum absolute atomic E-state index is 9.56. The van der Waals surface area contributed by atoms with Gasteiger partial charge in [0.2, 0.25) is 0 Å². The molecule has 1 aliphatic carbocycles. The van der Waals surface area contributed by atoms with Crippen molar-refractivity contribution in [2.45, 2.75) is 64.8 Å². The van der Waals surface area contributed by atoms with Gasteiger partial charge >= 0.3 is 0 Å². The summed E-state index contributed by atoms with van der Waals surface area (Å²) < 4.78 is 1.98. The van der Waals surface area contributed by atoms with Gasteiger partial charge in [-0.3, -0.25) is 4.68 Å². The summed E-state index contributed by atoms with van der Waals surface area (Å²) in [5.41, 5.74) is 0.916. The molecule has 0 amide bonds. The van der Waals surface area contributed by atoms with Crippen molar-refractivity contribution in [1.29, 1.82) is 5.26 Å². The van der Waals surface area contributed by atoms with Crippen molar-refractivity contribution in [2.75, 3.05) is 0 Å². The van der Waals surface area contributed by atoms with E-state index >= 15 is 0 Å². The van der Waals surface area contributed by atoms with Crippen LogP contribution in [0.2, 0.25) is 0 Å². The van der Waals surface area contributed by atoms with Crippen LogP contribution in [-0.4, -0.2) is 9.78 Å². The van der Waals surface area contributed by atoms with Gasteiger partial charge in [-0.15, -0.1) is 0 Å². The van der Waals surface area contributed by atoms with Gasteiger partial charge in [0.1, 0.15) is 0 Å². The number of nitrogens with zero attached hydrogens (tertiary/aromatic N) is 3. The Morgan fingerprint density at radius 1 is 1.33 bits per heavy atom. The molecule has 0 bridgehead atoms. The molecule has 1 aromatic rings. The molecule has 1 fully saturated rings. The second kappa shape index (κ2) is 5.56. The first-order chi connectivity index (χ1) is 8.65. The van der Waals surface area contributed by atoms with Crippen molar-refractivity contribution < 1.29 is 0 Å². The Morgan fingerprint density at radius 2 is 2.00 bits per heavy atom. The molecule has 3 heteroatoms. The average molecular weight is 245 g/mol. The zero-order chi connectivity index (χ0) is 13.0. The van der Waals surface area contributed by atoms with E-state index in [1.54, 1.807) is 0 Å². The number of hydrogen-bond acceptors (Lipinski definition) is 2. The molecule has 1 aromatic heterocycles. The maximum Gasteiger partial charge on any atom is 0.0693 e. The van der Waals surface area contributed by atoms with Crippen molar-refractivity contribution in [3.63, 3.8) is 0 Å². The summed E-state index contributed by atoms with van der Waals surface area (Å²) in [6.45, 7) is 4.25. The second-order valence-corrected chi connectivity index (χ2v) is 5.86. The first kappa shape index (κ1) is 13.1. The Morgan fingerprint density at radius 3 is 2.50 bits per heavy atom. The zero-order valence-corrected chi connectivity index (χ0v) is 11.5. The molecule has 0 atom stereocenters. The Bertz CT molecular complexity index is 417. The van der Waals surface area contributed by atoms with Crippen molar-refractivity contribution in [3.05, 3.63) is 18.0 Å². The van der Waals surface area contributed by atoms with Crippen LogP contribution in [0.3, 0.4) is 0 Å². The maximum atomic E-state index is 9.56. The van der Waals surface area contributed by atoms with Gasteiger partial charge in [0.05, 0.1) is 17.2 Å². The van der Waals surface area contributed by atoms with Crippen LogP contribution in [0.15, 0.2) is 12.3 Å². The lowest BCUT2D eigenvalue weighted by atomic mass is 9.78. The van der Waals surface area contributed by atoms with Crippen LogP contribution in [0.5, 0.6) is 0 Å². The highest BCUT2D eigenvalue weighted by Crippen LogP contribution is 2.37. The summed E-state index contributed by atoms with van der Waals surface area (Å²) in [6.07, 6.45) is 9.88. The molecule has 0 radical (unpaired) electrons.